The van der Waals surface area contributed by atoms with Gasteiger partial charge in [0.1, 0.15) is 5.82 Å². The monoisotopic (exact) mass is 252 g/mol. The Labute approximate surface area is 103 Å². The quantitative estimate of drug-likeness (QED) is 0.868. The third-order valence-electron chi connectivity index (χ3n) is 2.34. The summed E-state index contributed by atoms with van der Waals surface area (Å²) in [6, 6.07) is 0. The number of rotatable bonds is 3. The zero-order chi connectivity index (χ0) is 12.3. The standard InChI is InChI=1S/C10H12N4O2S/c1-11-8-5-12-7(4-13-8)6-14-9(15)2-3-17-10(14)16/h4-5H,2-3,6H2,1H3,(H,11,13). The number of anilines is 1. The van der Waals surface area contributed by atoms with Gasteiger partial charge >= 0.3 is 0 Å². The van der Waals surface area contributed by atoms with E-state index in [1.54, 1.807) is 19.4 Å². The van der Waals surface area contributed by atoms with Crippen molar-refractivity contribution in [1.82, 2.24) is 14.9 Å². The van der Waals surface area contributed by atoms with Gasteiger partial charge in [0.15, 0.2) is 0 Å². The Kier molecular flexibility index (Phi) is 3.58. The van der Waals surface area contributed by atoms with E-state index < -0.39 is 0 Å². The molecule has 1 aromatic rings. The number of nitrogens with zero attached hydrogens (tertiary/aromatic N) is 3. The molecule has 1 fully saturated rings. The number of hydrogen-bond donors (Lipinski definition) is 1. The molecule has 0 spiro atoms. The van der Waals surface area contributed by atoms with Crippen LogP contribution >= 0.6 is 11.8 Å². The molecular weight excluding hydrogens is 240 g/mol. The van der Waals surface area contributed by atoms with Crippen molar-refractivity contribution in [2.24, 2.45) is 0 Å². The van der Waals surface area contributed by atoms with Crippen LogP contribution in [0.4, 0.5) is 10.6 Å². The van der Waals surface area contributed by atoms with Crippen LogP contribution in [0.25, 0.3) is 0 Å². The Hall–Kier alpha value is -1.63. The van der Waals surface area contributed by atoms with Crippen molar-refractivity contribution in [3.63, 3.8) is 0 Å². The van der Waals surface area contributed by atoms with Gasteiger partial charge < -0.3 is 5.32 Å². The molecule has 17 heavy (non-hydrogen) atoms. The number of carbonyl (C=O) groups is 2. The van der Waals surface area contributed by atoms with Crippen molar-refractivity contribution in [2.75, 3.05) is 18.1 Å². The van der Waals surface area contributed by atoms with Crippen LogP contribution in [-0.2, 0) is 11.3 Å². The lowest BCUT2D eigenvalue weighted by Crippen LogP contribution is -2.37. The van der Waals surface area contributed by atoms with Crippen LogP contribution in [0.3, 0.4) is 0 Å². The molecular formula is C10H12N4O2S. The Bertz CT molecular complexity index is 418. The van der Waals surface area contributed by atoms with E-state index in [-0.39, 0.29) is 17.7 Å². The SMILES string of the molecule is CNc1cnc(CN2C(=O)CCSC2=O)cn1. The van der Waals surface area contributed by atoms with Crippen LogP contribution in [0, 0.1) is 0 Å². The molecule has 0 atom stereocenters. The van der Waals surface area contributed by atoms with Gasteiger partial charge in [0.2, 0.25) is 5.91 Å². The average Bonchev–Trinajstić information content (AvgIpc) is 2.35. The normalized spacial score (nSPS) is 16.2. The number of nitrogens with one attached hydrogen (secondary N) is 1. The summed E-state index contributed by atoms with van der Waals surface area (Å²) in [6.07, 6.45) is 3.53. The van der Waals surface area contributed by atoms with Crippen LogP contribution in [0.15, 0.2) is 12.4 Å². The van der Waals surface area contributed by atoms with Gasteiger partial charge in [-0.3, -0.25) is 19.5 Å². The molecule has 2 amide bonds. The highest BCUT2D eigenvalue weighted by molar-refractivity contribution is 8.13. The van der Waals surface area contributed by atoms with E-state index in [4.69, 9.17) is 0 Å². The molecule has 0 aliphatic carbocycles. The lowest BCUT2D eigenvalue weighted by atomic mass is 10.3. The van der Waals surface area contributed by atoms with Gasteiger partial charge in [-0.05, 0) is 0 Å². The second-order valence-corrected chi connectivity index (χ2v) is 4.53. The topological polar surface area (TPSA) is 75.2 Å². The van der Waals surface area contributed by atoms with Crippen molar-refractivity contribution in [3.05, 3.63) is 18.1 Å². The Morgan fingerprint density at radius 3 is 2.82 bits per heavy atom. The van der Waals surface area contributed by atoms with Crippen LogP contribution in [0.5, 0.6) is 0 Å². The van der Waals surface area contributed by atoms with Gasteiger partial charge in [0.25, 0.3) is 5.24 Å². The van der Waals surface area contributed by atoms with Crippen LogP contribution < -0.4 is 5.32 Å². The van der Waals surface area contributed by atoms with Crippen LogP contribution in [0.2, 0.25) is 0 Å². The molecule has 6 nitrogen and oxygen atoms in total. The number of amides is 2. The van der Waals surface area contributed by atoms with Crippen molar-refractivity contribution >= 4 is 28.7 Å². The maximum Gasteiger partial charge on any atom is 0.288 e. The van der Waals surface area contributed by atoms with E-state index in [2.05, 4.69) is 15.3 Å². The molecule has 2 heterocycles. The highest BCUT2D eigenvalue weighted by Gasteiger charge is 2.26. The Morgan fingerprint density at radius 1 is 1.41 bits per heavy atom. The summed E-state index contributed by atoms with van der Waals surface area (Å²) < 4.78 is 0. The second kappa shape index (κ2) is 5.13. The third kappa shape index (κ3) is 2.73. The molecule has 0 saturated carbocycles. The molecule has 0 aromatic carbocycles. The zero-order valence-electron chi connectivity index (χ0n) is 9.34. The minimum atomic E-state index is -0.208. The zero-order valence-corrected chi connectivity index (χ0v) is 10.2. The van der Waals surface area contributed by atoms with Crippen molar-refractivity contribution in [2.45, 2.75) is 13.0 Å². The van der Waals surface area contributed by atoms with Gasteiger partial charge in [-0.25, -0.2) is 4.98 Å². The van der Waals surface area contributed by atoms with Gasteiger partial charge in [-0.2, -0.15) is 0 Å². The molecule has 0 radical (unpaired) electrons. The van der Waals surface area contributed by atoms with E-state index in [0.717, 1.165) is 11.8 Å². The summed E-state index contributed by atoms with van der Waals surface area (Å²) in [5.74, 6) is 1.08. The van der Waals surface area contributed by atoms with Gasteiger partial charge in [0.05, 0.1) is 24.6 Å². The second-order valence-electron chi connectivity index (χ2n) is 3.49. The maximum atomic E-state index is 11.6. The molecule has 7 heteroatoms. The first-order valence-corrected chi connectivity index (χ1v) is 6.15. The summed E-state index contributed by atoms with van der Waals surface area (Å²) >= 11 is 1.16. The number of imide groups is 1. The highest BCUT2D eigenvalue weighted by atomic mass is 32.2. The molecule has 1 aliphatic rings. The maximum absolute atomic E-state index is 11.6. The summed E-state index contributed by atoms with van der Waals surface area (Å²) in [5, 5.41) is 2.64. The van der Waals surface area contributed by atoms with E-state index in [1.165, 1.54) is 4.90 Å². The first-order chi connectivity index (χ1) is 8.20. The molecule has 1 N–H and O–H groups in total. The molecule has 1 aromatic heterocycles. The number of aromatic nitrogens is 2. The molecule has 0 bridgehead atoms. The fourth-order valence-electron chi connectivity index (χ4n) is 1.42. The van der Waals surface area contributed by atoms with Crippen molar-refractivity contribution < 1.29 is 9.59 Å². The van der Waals surface area contributed by atoms with Crippen LogP contribution in [-0.4, -0.2) is 38.8 Å². The summed E-state index contributed by atoms with van der Waals surface area (Å²) in [5.41, 5.74) is 0.605. The molecule has 2 rings (SSSR count). The first kappa shape index (κ1) is 11.8. The molecule has 1 saturated heterocycles. The van der Waals surface area contributed by atoms with Crippen molar-refractivity contribution in [3.8, 4) is 0 Å². The predicted molar refractivity (Wildman–Crippen MR) is 64.6 cm³/mol. The lowest BCUT2D eigenvalue weighted by Gasteiger charge is -2.23. The largest absolute Gasteiger partial charge is 0.372 e. The minimum Gasteiger partial charge on any atom is -0.372 e. The first-order valence-electron chi connectivity index (χ1n) is 5.16. The van der Waals surface area contributed by atoms with Gasteiger partial charge in [0, 0.05) is 19.2 Å². The predicted octanol–water partition coefficient (Wildman–Crippen LogP) is 1.10. The minimum absolute atomic E-state index is 0.145. The molecule has 90 valence electrons. The Morgan fingerprint density at radius 2 is 2.24 bits per heavy atom. The van der Waals surface area contributed by atoms with Gasteiger partial charge in [-0.1, -0.05) is 11.8 Å². The molecule has 0 unspecified atom stereocenters. The lowest BCUT2D eigenvalue weighted by molar-refractivity contribution is -0.128. The number of thioether (sulfide) groups is 1. The van der Waals surface area contributed by atoms with Gasteiger partial charge in [-0.15, -0.1) is 0 Å². The van der Waals surface area contributed by atoms with E-state index in [0.29, 0.717) is 23.7 Å². The molecule has 1 aliphatic heterocycles. The summed E-state index contributed by atoms with van der Waals surface area (Å²) in [6.45, 7) is 0.196. The number of carbonyl (C=O) groups excluding carboxylic acids is 2. The smallest absolute Gasteiger partial charge is 0.288 e. The summed E-state index contributed by atoms with van der Waals surface area (Å²) in [7, 11) is 1.75. The third-order valence-corrected chi connectivity index (χ3v) is 3.22. The van der Waals surface area contributed by atoms with Crippen LogP contribution in [0.1, 0.15) is 12.1 Å². The fraction of sp³-hybridized carbons (Fsp3) is 0.400. The highest BCUT2D eigenvalue weighted by Crippen LogP contribution is 2.20. The fourth-order valence-corrected chi connectivity index (χ4v) is 2.19. The van der Waals surface area contributed by atoms with E-state index in [1.807, 2.05) is 0 Å². The number of hydrogen-bond acceptors (Lipinski definition) is 6. The summed E-state index contributed by atoms with van der Waals surface area (Å²) in [4.78, 5) is 32.5. The average molecular weight is 252 g/mol. The Balaban J connectivity index is 2.08. The van der Waals surface area contributed by atoms with E-state index in [9.17, 15) is 9.59 Å². The van der Waals surface area contributed by atoms with Crippen molar-refractivity contribution in [1.29, 1.82) is 0 Å². The van der Waals surface area contributed by atoms with E-state index >= 15 is 0 Å².